The minimum atomic E-state index is -0.117. The zero-order chi connectivity index (χ0) is 12.8. The van der Waals surface area contributed by atoms with E-state index >= 15 is 0 Å². The van der Waals surface area contributed by atoms with E-state index in [1.807, 2.05) is 13.8 Å². The molecule has 0 aromatic heterocycles. The number of amides is 1. The second-order valence-corrected chi connectivity index (χ2v) is 5.76. The predicted octanol–water partition coefficient (Wildman–Crippen LogP) is 1.24. The topological polar surface area (TPSA) is 41.6 Å². The summed E-state index contributed by atoms with van der Waals surface area (Å²) in [5.41, 5.74) is 0. The van der Waals surface area contributed by atoms with Gasteiger partial charge in [0.15, 0.2) is 0 Å². The van der Waals surface area contributed by atoms with Crippen LogP contribution in [0.2, 0.25) is 0 Å². The molecule has 1 rings (SSSR count). The number of hydrogen-bond acceptors (Lipinski definition) is 3. The van der Waals surface area contributed by atoms with Gasteiger partial charge < -0.3 is 10.1 Å². The van der Waals surface area contributed by atoms with Gasteiger partial charge in [0.1, 0.15) is 0 Å². The van der Waals surface area contributed by atoms with Crippen LogP contribution in [0, 0.1) is 5.92 Å². The summed E-state index contributed by atoms with van der Waals surface area (Å²) in [5.74, 6) is 0.353. The quantitative estimate of drug-likeness (QED) is 0.777. The van der Waals surface area contributed by atoms with E-state index in [2.05, 4.69) is 33.1 Å². The third kappa shape index (κ3) is 4.94. The molecule has 5 heteroatoms. The summed E-state index contributed by atoms with van der Waals surface area (Å²) in [6.07, 6.45) is 0.125. The first-order valence-corrected chi connectivity index (χ1v) is 7.21. The number of halogens is 1. The van der Waals surface area contributed by atoms with Crippen LogP contribution < -0.4 is 5.32 Å². The molecule has 1 fully saturated rings. The van der Waals surface area contributed by atoms with Gasteiger partial charge in [0, 0.05) is 19.6 Å². The lowest BCUT2D eigenvalue weighted by atomic mass is 10.1. The highest BCUT2D eigenvalue weighted by Gasteiger charge is 2.22. The second kappa shape index (κ2) is 7.34. The first kappa shape index (κ1) is 14.9. The molecule has 1 N–H and O–H groups in total. The molecule has 0 aromatic rings. The molecule has 1 aliphatic rings. The Morgan fingerprint density at radius 2 is 2.29 bits per heavy atom. The van der Waals surface area contributed by atoms with Crippen LogP contribution in [0.1, 0.15) is 20.8 Å². The number of nitrogens with zero attached hydrogens (tertiary/aromatic N) is 1. The maximum absolute atomic E-state index is 11.8. The van der Waals surface area contributed by atoms with Crippen molar-refractivity contribution in [3.05, 3.63) is 0 Å². The minimum absolute atomic E-state index is 0.0530. The van der Waals surface area contributed by atoms with Crippen molar-refractivity contribution in [1.82, 2.24) is 10.2 Å². The fourth-order valence-corrected chi connectivity index (χ4v) is 1.97. The molecular weight excluding hydrogens is 284 g/mol. The molecule has 0 aromatic carbocycles. The predicted molar refractivity (Wildman–Crippen MR) is 72.4 cm³/mol. The van der Waals surface area contributed by atoms with Crippen LogP contribution >= 0.6 is 15.9 Å². The SMILES string of the molecule is CCN1CCOC(CNC(=O)C(Br)C(C)C)C1. The van der Waals surface area contributed by atoms with Crippen molar-refractivity contribution in [2.45, 2.75) is 31.7 Å². The van der Waals surface area contributed by atoms with Gasteiger partial charge in [0.05, 0.1) is 17.5 Å². The summed E-state index contributed by atoms with van der Waals surface area (Å²) < 4.78 is 5.63. The molecule has 1 heterocycles. The van der Waals surface area contributed by atoms with E-state index in [0.717, 1.165) is 26.2 Å². The normalized spacial score (nSPS) is 23.7. The average molecular weight is 307 g/mol. The lowest BCUT2D eigenvalue weighted by Crippen LogP contribution is -2.48. The zero-order valence-electron chi connectivity index (χ0n) is 10.9. The molecule has 2 unspecified atom stereocenters. The van der Waals surface area contributed by atoms with Gasteiger partial charge in [0.2, 0.25) is 5.91 Å². The number of carbonyl (C=O) groups is 1. The monoisotopic (exact) mass is 306 g/mol. The molecule has 100 valence electrons. The molecule has 0 radical (unpaired) electrons. The summed E-state index contributed by atoms with van der Waals surface area (Å²) >= 11 is 3.39. The third-order valence-corrected chi connectivity index (χ3v) is 4.48. The second-order valence-electron chi connectivity index (χ2n) is 4.78. The molecule has 0 spiro atoms. The molecule has 1 aliphatic heterocycles. The van der Waals surface area contributed by atoms with Gasteiger partial charge >= 0.3 is 0 Å². The van der Waals surface area contributed by atoms with Crippen molar-refractivity contribution in [2.75, 3.05) is 32.8 Å². The van der Waals surface area contributed by atoms with E-state index in [1.54, 1.807) is 0 Å². The standard InChI is InChI=1S/C12H23BrN2O2/c1-4-15-5-6-17-10(8-15)7-14-12(16)11(13)9(2)3/h9-11H,4-8H2,1-3H3,(H,14,16). The van der Waals surface area contributed by atoms with Crippen LogP contribution in [-0.4, -0.2) is 54.5 Å². The highest BCUT2D eigenvalue weighted by molar-refractivity contribution is 9.10. The molecule has 1 amide bonds. The van der Waals surface area contributed by atoms with Crippen LogP contribution in [0.3, 0.4) is 0 Å². The van der Waals surface area contributed by atoms with Crippen molar-refractivity contribution < 1.29 is 9.53 Å². The van der Waals surface area contributed by atoms with Crippen LogP contribution in [-0.2, 0) is 9.53 Å². The van der Waals surface area contributed by atoms with Crippen LogP contribution in [0.25, 0.3) is 0 Å². The maximum atomic E-state index is 11.8. The molecule has 0 aliphatic carbocycles. The summed E-state index contributed by atoms with van der Waals surface area (Å²) in [5, 5.41) is 2.94. The van der Waals surface area contributed by atoms with Crippen LogP contribution in [0.4, 0.5) is 0 Å². The highest BCUT2D eigenvalue weighted by Crippen LogP contribution is 2.12. The lowest BCUT2D eigenvalue weighted by Gasteiger charge is -2.32. The Labute approximate surface area is 112 Å². The van der Waals surface area contributed by atoms with Crippen LogP contribution in [0.15, 0.2) is 0 Å². The Morgan fingerprint density at radius 3 is 2.88 bits per heavy atom. The molecule has 1 saturated heterocycles. The zero-order valence-corrected chi connectivity index (χ0v) is 12.5. The van der Waals surface area contributed by atoms with Crippen molar-refractivity contribution >= 4 is 21.8 Å². The summed E-state index contributed by atoms with van der Waals surface area (Å²) in [6, 6.07) is 0. The van der Waals surface area contributed by atoms with Crippen molar-refractivity contribution in [1.29, 1.82) is 0 Å². The van der Waals surface area contributed by atoms with Gasteiger partial charge in [-0.25, -0.2) is 0 Å². The smallest absolute Gasteiger partial charge is 0.234 e. The summed E-state index contributed by atoms with van der Waals surface area (Å²) in [4.78, 5) is 14.0. The molecule has 17 heavy (non-hydrogen) atoms. The van der Waals surface area contributed by atoms with E-state index < -0.39 is 0 Å². The van der Waals surface area contributed by atoms with Crippen molar-refractivity contribution in [2.24, 2.45) is 5.92 Å². The van der Waals surface area contributed by atoms with Gasteiger partial charge in [-0.2, -0.15) is 0 Å². The fraction of sp³-hybridized carbons (Fsp3) is 0.917. The Morgan fingerprint density at radius 1 is 1.59 bits per heavy atom. The third-order valence-electron chi connectivity index (χ3n) is 3.01. The number of morpholine rings is 1. The van der Waals surface area contributed by atoms with E-state index in [4.69, 9.17) is 4.74 Å². The van der Waals surface area contributed by atoms with E-state index in [9.17, 15) is 4.79 Å². The van der Waals surface area contributed by atoms with Crippen molar-refractivity contribution in [3.8, 4) is 0 Å². The van der Waals surface area contributed by atoms with Gasteiger partial charge in [-0.1, -0.05) is 36.7 Å². The van der Waals surface area contributed by atoms with Gasteiger partial charge in [0.25, 0.3) is 0 Å². The molecule has 2 atom stereocenters. The highest BCUT2D eigenvalue weighted by atomic mass is 79.9. The lowest BCUT2D eigenvalue weighted by molar-refractivity contribution is -0.122. The largest absolute Gasteiger partial charge is 0.374 e. The Hall–Kier alpha value is -0.130. The number of likely N-dealkylation sites (N-methyl/N-ethyl adjacent to an activating group) is 1. The Kier molecular flexibility index (Phi) is 6.44. The molecule has 0 bridgehead atoms. The minimum Gasteiger partial charge on any atom is -0.374 e. The van der Waals surface area contributed by atoms with Gasteiger partial charge in [-0.05, 0) is 12.5 Å². The molecule has 0 saturated carbocycles. The number of alkyl halides is 1. The van der Waals surface area contributed by atoms with Gasteiger partial charge in [-0.15, -0.1) is 0 Å². The summed E-state index contributed by atoms with van der Waals surface area (Å²) in [6.45, 7) is 10.5. The van der Waals surface area contributed by atoms with Crippen LogP contribution in [0.5, 0.6) is 0 Å². The number of hydrogen-bond donors (Lipinski definition) is 1. The Balaban J connectivity index is 2.28. The van der Waals surface area contributed by atoms with E-state index in [-0.39, 0.29) is 16.8 Å². The number of carbonyl (C=O) groups excluding carboxylic acids is 1. The number of nitrogens with one attached hydrogen (secondary N) is 1. The van der Waals surface area contributed by atoms with E-state index in [0.29, 0.717) is 12.5 Å². The fourth-order valence-electron chi connectivity index (χ4n) is 1.81. The first-order chi connectivity index (χ1) is 8.04. The van der Waals surface area contributed by atoms with E-state index in [1.165, 1.54) is 0 Å². The molecular formula is C12H23BrN2O2. The molecule has 4 nitrogen and oxygen atoms in total. The number of ether oxygens (including phenoxy) is 1. The number of rotatable bonds is 5. The Bertz CT molecular complexity index is 249. The average Bonchev–Trinajstić information content (AvgIpc) is 2.35. The van der Waals surface area contributed by atoms with Crippen molar-refractivity contribution in [3.63, 3.8) is 0 Å². The maximum Gasteiger partial charge on any atom is 0.234 e. The summed E-state index contributed by atoms with van der Waals surface area (Å²) in [7, 11) is 0. The first-order valence-electron chi connectivity index (χ1n) is 6.30. The van der Waals surface area contributed by atoms with Gasteiger partial charge in [-0.3, -0.25) is 9.69 Å².